The molecule has 0 aliphatic heterocycles. The molecule has 35 heavy (non-hydrogen) atoms. The number of carboxylic acid groups (broad SMARTS) is 1. The van der Waals surface area contributed by atoms with Crippen molar-refractivity contribution in [1.82, 2.24) is 10.7 Å². The summed E-state index contributed by atoms with van der Waals surface area (Å²) in [6.45, 7) is 0. The number of benzene rings is 3. The first-order chi connectivity index (χ1) is 16.9. The van der Waals surface area contributed by atoms with Crippen LogP contribution in [0.25, 0.3) is 6.08 Å². The lowest BCUT2D eigenvalue weighted by atomic mass is 10.1. The molecule has 0 aromatic heterocycles. The highest BCUT2D eigenvalue weighted by molar-refractivity contribution is 6.06. The summed E-state index contributed by atoms with van der Waals surface area (Å²) in [6.07, 6.45) is 2.59. The standard InChI is InChI=1S/C26H23N3O6/c1-34-20-12-13-23(35-2)19(14-20)15-22(28-24(30)17-8-4-3-5-9-17)25(31)29-27-16-18-10-6-7-11-21(18)26(32)33/h3-16H,1-2H3,(H,28,30)(H,29,31)(H,32,33)/p-1/b22-15-,27-16-. The van der Waals surface area contributed by atoms with Crippen LogP contribution in [0.2, 0.25) is 0 Å². The average Bonchev–Trinajstić information content (AvgIpc) is 2.88. The van der Waals surface area contributed by atoms with E-state index in [0.29, 0.717) is 22.6 Å². The van der Waals surface area contributed by atoms with Crippen LogP contribution in [0.1, 0.15) is 31.8 Å². The van der Waals surface area contributed by atoms with Crippen LogP contribution in [-0.4, -0.2) is 38.2 Å². The molecule has 0 heterocycles. The van der Waals surface area contributed by atoms with Crippen molar-refractivity contribution in [2.45, 2.75) is 0 Å². The van der Waals surface area contributed by atoms with E-state index in [1.54, 1.807) is 60.7 Å². The van der Waals surface area contributed by atoms with E-state index in [-0.39, 0.29) is 16.8 Å². The van der Waals surface area contributed by atoms with E-state index in [9.17, 15) is 19.5 Å². The summed E-state index contributed by atoms with van der Waals surface area (Å²) >= 11 is 0. The molecule has 0 bridgehead atoms. The Balaban J connectivity index is 1.92. The third-order valence-electron chi connectivity index (χ3n) is 4.82. The number of amides is 2. The zero-order valence-corrected chi connectivity index (χ0v) is 19.0. The first kappa shape index (κ1) is 24.7. The van der Waals surface area contributed by atoms with Gasteiger partial charge in [0.25, 0.3) is 11.8 Å². The average molecular weight is 472 g/mol. The van der Waals surface area contributed by atoms with Crippen LogP contribution in [-0.2, 0) is 4.79 Å². The van der Waals surface area contributed by atoms with Crippen molar-refractivity contribution in [1.29, 1.82) is 0 Å². The Morgan fingerprint density at radius 3 is 2.29 bits per heavy atom. The van der Waals surface area contributed by atoms with Crippen LogP contribution in [0.5, 0.6) is 11.5 Å². The number of nitrogens with one attached hydrogen (secondary N) is 2. The maximum absolute atomic E-state index is 13.0. The molecule has 3 aromatic carbocycles. The summed E-state index contributed by atoms with van der Waals surface area (Å²) in [4.78, 5) is 37.0. The van der Waals surface area contributed by atoms with Gasteiger partial charge in [-0.1, -0.05) is 42.5 Å². The van der Waals surface area contributed by atoms with E-state index in [1.165, 1.54) is 38.6 Å². The van der Waals surface area contributed by atoms with Crippen LogP contribution in [0.15, 0.2) is 83.6 Å². The van der Waals surface area contributed by atoms with Gasteiger partial charge in [-0.2, -0.15) is 5.10 Å². The van der Waals surface area contributed by atoms with Gasteiger partial charge in [0, 0.05) is 22.3 Å². The molecule has 0 atom stereocenters. The highest BCUT2D eigenvalue weighted by atomic mass is 16.5. The fourth-order valence-corrected chi connectivity index (χ4v) is 3.07. The fourth-order valence-electron chi connectivity index (χ4n) is 3.07. The Morgan fingerprint density at radius 2 is 1.60 bits per heavy atom. The summed E-state index contributed by atoms with van der Waals surface area (Å²) in [5.74, 6) is -1.68. The van der Waals surface area contributed by atoms with Gasteiger partial charge in [0.15, 0.2) is 0 Å². The quantitative estimate of drug-likeness (QED) is 0.278. The zero-order chi connectivity index (χ0) is 25.2. The van der Waals surface area contributed by atoms with E-state index in [4.69, 9.17) is 9.47 Å². The van der Waals surface area contributed by atoms with Gasteiger partial charge in [0.1, 0.15) is 17.2 Å². The molecular formula is C26H22N3O6-. The van der Waals surface area contributed by atoms with E-state index in [0.717, 1.165) is 0 Å². The third-order valence-corrected chi connectivity index (χ3v) is 4.82. The van der Waals surface area contributed by atoms with Crippen LogP contribution in [0, 0.1) is 0 Å². The lowest BCUT2D eigenvalue weighted by Gasteiger charge is -2.12. The monoisotopic (exact) mass is 472 g/mol. The lowest BCUT2D eigenvalue weighted by Crippen LogP contribution is -2.33. The zero-order valence-electron chi connectivity index (χ0n) is 19.0. The van der Waals surface area contributed by atoms with Gasteiger partial charge in [-0.15, -0.1) is 0 Å². The van der Waals surface area contributed by atoms with E-state index >= 15 is 0 Å². The van der Waals surface area contributed by atoms with Crippen molar-refractivity contribution < 1.29 is 29.0 Å². The Bertz CT molecular complexity index is 1290. The van der Waals surface area contributed by atoms with Crippen molar-refractivity contribution in [3.63, 3.8) is 0 Å². The SMILES string of the molecule is COc1ccc(OC)c(/C=C(\NC(=O)c2ccccc2)C(=O)N/N=C\c2ccccc2C(=O)[O-])c1. The second-order valence-corrected chi connectivity index (χ2v) is 7.06. The molecule has 9 heteroatoms. The van der Waals surface area contributed by atoms with E-state index in [1.807, 2.05) is 0 Å². The Hall–Kier alpha value is -4.92. The minimum atomic E-state index is -1.38. The van der Waals surface area contributed by atoms with Gasteiger partial charge in [-0.3, -0.25) is 9.59 Å². The molecule has 3 rings (SSSR count). The summed E-state index contributed by atoms with van der Waals surface area (Å²) in [5.41, 5.74) is 3.14. The minimum Gasteiger partial charge on any atom is -0.545 e. The number of ether oxygens (including phenoxy) is 2. The Labute approximate surface area is 201 Å². The highest BCUT2D eigenvalue weighted by Gasteiger charge is 2.16. The first-order valence-corrected chi connectivity index (χ1v) is 10.4. The molecular weight excluding hydrogens is 450 g/mol. The predicted octanol–water partition coefficient (Wildman–Crippen LogP) is 1.99. The van der Waals surface area contributed by atoms with Gasteiger partial charge in [-0.25, -0.2) is 5.43 Å². The molecule has 0 aliphatic rings. The number of hydrogen-bond acceptors (Lipinski definition) is 7. The molecule has 0 spiro atoms. The lowest BCUT2D eigenvalue weighted by molar-refractivity contribution is -0.255. The molecule has 0 saturated heterocycles. The van der Waals surface area contributed by atoms with Gasteiger partial charge < -0.3 is 24.7 Å². The summed E-state index contributed by atoms with van der Waals surface area (Å²) in [6, 6.07) is 19.4. The number of carbonyl (C=O) groups excluding carboxylic acids is 3. The van der Waals surface area contributed by atoms with Crippen LogP contribution < -0.4 is 25.3 Å². The molecule has 0 unspecified atom stereocenters. The molecule has 2 N–H and O–H groups in total. The third kappa shape index (κ3) is 6.55. The number of methoxy groups -OCH3 is 2. The van der Waals surface area contributed by atoms with Gasteiger partial charge >= 0.3 is 0 Å². The molecule has 2 amide bonds. The Kier molecular flexibility index (Phi) is 8.33. The molecule has 0 radical (unpaired) electrons. The minimum absolute atomic E-state index is 0.0836. The number of hydrogen-bond donors (Lipinski definition) is 2. The van der Waals surface area contributed by atoms with Gasteiger partial charge in [0.2, 0.25) is 0 Å². The molecule has 9 nitrogen and oxygen atoms in total. The second-order valence-electron chi connectivity index (χ2n) is 7.06. The number of carboxylic acids is 1. The molecule has 178 valence electrons. The van der Waals surface area contributed by atoms with Crippen LogP contribution in [0.3, 0.4) is 0 Å². The van der Waals surface area contributed by atoms with Gasteiger partial charge in [-0.05, 0) is 36.4 Å². The number of hydrazone groups is 1. The Morgan fingerprint density at radius 1 is 0.886 bits per heavy atom. The van der Waals surface area contributed by atoms with Crippen molar-refractivity contribution in [2.75, 3.05) is 14.2 Å². The van der Waals surface area contributed by atoms with Crippen LogP contribution >= 0.6 is 0 Å². The van der Waals surface area contributed by atoms with Crippen molar-refractivity contribution in [3.05, 3.63) is 101 Å². The predicted molar refractivity (Wildman–Crippen MR) is 128 cm³/mol. The summed E-state index contributed by atoms with van der Waals surface area (Å²) < 4.78 is 10.6. The topological polar surface area (TPSA) is 129 Å². The van der Waals surface area contributed by atoms with Crippen molar-refractivity contribution in [2.24, 2.45) is 5.10 Å². The number of aromatic carboxylic acids is 1. The summed E-state index contributed by atoms with van der Waals surface area (Å²) in [5, 5.41) is 17.7. The molecule has 3 aromatic rings. The van der Waals surface area contributed by atoms with Crippen molar-refractivity contribution in [3.8, 4) is 11.5 Å². The summed E-state index contributed by atoms with van der Waals surface area (Å²) in [7, 11) is 2.97. The number of carbonyl (C=O) groups is 3. The normalized spacial score (nSPS) is 11.1. The number of nitrogens with zero attached hydrogens (tertiary/aromatic N) is 1. The second kappa shape index (κ2) is 11.8. The fraction of sp³-hybridized carbons (Fsp3) is 0.0769. The maximum atomic E-state index is 13.0. The van der Waals surface area contributed by atoms with Crippen molar-refractivity contribution >= 4 is 30.1 Å². The van der Waals surface area contributed by atoms with E-state index < -0.39 is 17.8 Å². The first-order valence-electron chi connectivity index (χ1n) is 10.4. The number of rotatable bonds is 9. The van der Waals surface area contributed by atoms with Gasteiger partial charge in [0.05, 0.1) is 26.4 Å². The largest absolute Gasteiger partial charge is 0.545 e. The van der Waals surface area contributed by atoms with E-state index in [2.05, 4.69) is 15.8 Å². The maximum Gasteiger partial charge on any atom is 0.287 e. The highest BCUT2D eigenvalue weighted by Crippen LogP contribution is 2.26. The molecule has 0 aliphatic carbocycles. The molecule has 0 saturated carbocycles. The van der Waals surface area contributed by atoms with Crippen LogP contribution in [0.4, 0.5) is 0 Å². The molecule has 0 fully saturated rings. The smallest absolute Gasteiger partial charge is 0.287 e.